The van der Waals surface area contributed by atoms with E-state index < -0.39 is 0 Å². The Labute approximate surface area is 161 Å². The highest BCUT2D eigenvalue weighted by molar-refractivity contribution is 5.94. The van der Waals surface area contributed by atoms with Crippen LogP contribution in [0.2, 0.25) is 0 Å². The summed E-state index contributed by atoms with van der Waals surface area (Å²) in [7, 11) is 0. The Morgan fingerprint density at radius 1 is 1.19 bits per heavy atom. The van der Waals surface area contributed by atoms with Crippen molar-refractivity contribution >= 4 is 11.8 Å². The number of aromatic amines is 1. The third-order valence-corrected chi connectivity index (χ3v) is 5.82. The van der Waals surface area contributed by atoms with Gasteiger partial charge in [-0.1, -0.05) is 6.92 Å². The molecule has 1 saturated carbocycles. The maximum atomic E-state index is 12.8. The Morgan fingerprint density at radius 3 is 2.37 bits per heavy atom. The van der Waals surface area contributed by atoms with Gasteiger partial charge in [0.2, 0.25) is 5.91 Å². The van der Waals surface area contributed by atoms with Crippen LogP contribution in [0.15, 0.2) is 0 Å². The molecule has 1 aromatic heterocycles. The Bertz CT molecular complexity index is 669. The van der Waals surface area contributed by atoms with E-state index in [9.17, 15) is 9.59 Å². The van der Waals surface area contributed by atoms with Crippen molar-refractivity contribution in [1.29, 1.82) is 0 Å². The predicted molar refractivity (Wildman–Crippen MR) is 103 cm³/mol. The van der Waals surface area contributed by atoms with Crippen LogP contribution in [0, 0.1) is 12.8 Å². The molecule has 1 aromatic rings. The molecule has 1 aliphatic heterocycles. The highest BCUT2D eigenvalue weighted by Gasteiger charge is 2.33. The maximum absolute atomic E-state index is 12.8. The number of ether oxygens (including phenoxy) is 1. The molecule has 0 aromatic carbocycles. The molecule has 3 rings (SSSR count). The number of nitrogens with one attached hydrogen (secondary N) is 2. The normalized spacial score (nSPS) is 28.8. The minimum absolute atomic E-state index is 0.0643. The van der Waals surface area contributed by atoms with Crippen molar-refractivity contribution in [3.05, 3.63) is 17.0 Å². The van der Waals surface area contributed by atoms with Crippen LogP contribution >= 0.6 is 0 Å². The zero-order chi connectivity index (χ0) is 19.6. The van der Waals surface area contributed by atoms with Crippen LogP contribution in [0.1, 0.15) is 68.2 Å². The van der Waals surface area contributed by atoms with Crippen molar-refractivity contribution in [3.63, 3.8) is 0 Å². The lowest BCUT2D eigenvalue weighted by molar-refractivity contribution is -0.148. The molecule has 2 atom stereocenters. The summed E-state index contributed by atoms with van der Waals surface area (Å²) in [5.74, 6) is 0.195. The molecule has 7 nitrogen and oxygen atoms in total. The average Bonchev–Trinajstić information content (AvgIpc) is 3.01. The molecule has 2 aliphatic rings. The van der Waals surface area contributed by atoms with Gasteiger partial charge in [0.15, 0.2) is 5.69 Å². The number of amides is 2. The van der Waals surface area contributed by atoms with Gasteiger partial charge in [0.25, 0.3) is 5.91 Å². The molecule has 27 heavy (non-hydrogen) atoms. The predicted octanol–water partition coefficient (Wildman–Crippen LogP) is 2.20. The van der Waals surface area contributed by atoms with Crippen molar-refractivity contribution in [1.82, 2.24) is 20.4 Å². The molecule has 2 amide bonds. The number of nitrogens with zero attached hydrogens (tertiary/aromatic N) is 2. The van der Waals surface area contributed by atoms with Crippen LogP contribution in [-0.2, 0) is 16.0 Å². The van der Waals surface area contributed by atoms with Crippen LogP contribution in [-0.4, -0.2) is 58.3 Å². The first-order valence-corrected chi connectivity index (χ1v) is 10.2. The summed E-state index contributed by atoms with van der Waals surface area (Å²) >= 11 is 0. The third kappa shape index (κ3) is 4.51. The van der Waals surface area contributed by atoms with Gasteiger partial charge < -0.3 is 15.0 Å². The second-order valence-electron chi connectivity index (χ2n) is 8.05. The molecule has 1 aliphatic carbocycles. The van der Waals surface area contributed by atoms with E-state index in [2.05, 4.69) is 15.5 Å². The van der Waals surface area contributed by atoms with E-state index in [-0.39, 0.29) is 36.0 Å². The first-order valence-electron chi connectivity index (χ1n) is 10.2. The number of carbonyl (C=O) groups is 2. The van der Waals surface area contributed by atoms with Crippen LogP contribution in [0.4, 0.5) is 0 Å². The minimum atomic E-state index is -0.117. The number of rotatable bonds is 4. The highest BCUT2D eigenvalue weighted by atomic mass is 16.5. The monoisotopic (exact) mass is 376 g/mol. The number of aromatic nitrogens is 2. The molecule has 0 spiro atoms. The van der Waals surface area contributed by atoms with Crippen LogP contribution < -0.4 is 5.32 Å². The van der Waals surface area contributed by atoms with E-state index in [0.717, 1.165) is 43.4 Å². The smallest absolute Gasteiger partial charge is 0.272 e. The number of morpholine rings is 1. The summed E-state index contributed by atoms with van der Waals surface area (Å²) in [5, 5.41) is 10.2. The van der Waals surface area contributed by atoms with E-state index in [1.54, 1.807) is 0 Å². The molecule has 2 fully saturated rings. The van der Waals surface area contributed by atoms with Crippen molar-refractivity contribution in [2.45, 2.75) is 78.0 Å². The second-order valence-corrected chi connectivity index (χ2v) is 8.05. The van der Waals surface area contributed by atoms with Crippen molar-refractivity contribution in [3.8, 4) is 0 Å². The van der Waals surface area contributed by atoms with Gasteiger partial charge in [0.1, 0.15) is 0 Å². The molecule has 2 heterocycles. The standard InChI is InChI=1S/C20H32N4O3/c1-5-17-14(4)18(23-22-17)19(25)21-16-8-6-15(7-9-16)20(26)24-10-12(2)27-13(3)11-24/h12-13,15-16H,5-11H2,1-4H3,(H,21,25)(H,22,23)/t12-,13+,15?,16?. The van der Waals surface area contributed by atoms with Gasteiger partial charge in [0.05, 0.1) is 12.2 Å². The van der Waals surface area contributed by atoms with Gasteiger partial charge in [-0.2, -0.15) is 5.10 Å². The van der Waals surface area contributed by atoms with Crippen molar-refractivity contribution < 1.29 is 14.3 Å². The van der Waals surface area contributed by atoms with E-state index >= 15 is 0 Å². The molecule has 1 saturated heterocycles. The summed E-state index contributed by atoms with van der Waals surface area (Å²) < 4.78 is 5.73. The van der Waals surface area contributed by atoms with Crippen LogP contribution in [0.5, 0.6) is 0 Å². The van der Waals surface area contributed by atoms with Crippen molar-refractivity contribution in [2.24, 2.45) is 5.92 Å². The molecule has 0 bridgehead atoms. The van der Waals surface area contributed by atoms with E-state index in [1.165, 1.54) is 0 Å². The molecular weight excluding hydrogens is 344 g/mol. The molecule has 7 heteroatoms. The van der Waals surface area contributed by atoms with Gasteiger partial charge in [-0.15, -0.1) is 0 Å². The number of H-pyrrole nitrogens is 1. The largest absolute Gasteiger partial charge is 0.372 e. The first kappa shape index (κ1) is 19.9. The summed E-state index contributed by atoms with van der Waals surface area (Å²) in [6, 6.07) is 0.116. The Kier molecular flexibility index (Phi) is 6.19. The SMILES string of the molecule is CCc1[nH]nc(C(=O)NC2CCC(C(=O)N3C[C@@H](C)O[C@@H](C)C3)CC2)c1C. The fraction of sp³-hybridized carbons (Fsp3) is 0.750. The van der Waals surface area contributed by atoms with Gasteiger partial charge in [-0.3, -0.25) is 14.7 Å². The molecule has 0 radical (unpaired) electrons. The maximum Gasteiger partial charge on any atom is 0.272 e. The topological polar surface area (TPSA) is 87.3 Å². The van der Waals surface area contributed by atoms with Gasteiger partial charge in [-0.05, 0) is 52.9 Å². The van der Waals surface area contributed by atoms with E-state index in [4.69, 9.17) is 4.74 Å². The lowest BCUT2D eigenvalue weighted by Gasteiger charge is -2.38. The zero-order valence-electron chi connectivity index (χ0n) is 16.9. The third-order valence-electron chi connectivity index (χ3n) is 5.82. The number of aryl methyl sites for hydroxylation is 1. The number of hydrogen-bond donors (Lipinski definition) is 2. The zero-order valence-corrected chi connectivity index (χ0v) is 16.9. The average molecular weight is 377 g/mol. The quantitative estimate of drug-likeness (QED) is 0.843. The van der Waals surface area contributed by atoms with Gasteiger partial charge in [-0.25, -0.2) is 0 Å². The van der Waals surface area contributed by atoms with E-state index in [0.29, 0.717) is 18.8 Å². The van der Waals surface area contributed by atoms with E-state index in [1.807, 2.05) is 32.6 Å². The minimum Gasteiger partial charge on any atom is -0.372 e. The molecule has 150 valence electrons. The first-order chi connectivity index (χ1) is 12.9. The van der Waals surface area contributed by atoms with Crippen molar-refractivity contribution in [2.75, 3.05) is 13.1 Å². The Balaban J connectivity index is 1.50. The summed E-state index contributed by atoms with van der Waals surface area (Å²) in [6.45, 7) is 9.36. The fourth-order valence-electron chi connectivity index (χ4n) is 4.35. The second kappa shape index (κ2) is 8.42. The Morgan fingerprint density at radius 2 is 1.81 bits per heavy atom. The Hall–Kier alpha value is -1.89. The van der Waals surface area contributed by atoms with Crippen LogP contribution in [0.3, 0.4) is 0 Å². The lowest BCUT2D eigenvalue weighted by Crippen LogP contribution is -2.51. The number of carbonyl (C=O) groups excluding carboxylic acids is 2. The molecule has 0 unspecified atom stereocenters. The molecule has 2 N–H and O–H groups in total. The fourth-order valence-corrected chi connectivity index (χ4v) is 4.35. The van der Waals surface area contributed by atoms with Gasteiger partial charge >= 0.3 is 0 Å². The van der Waals surface area contributed by atoms with Gasteiger partial charge in [0, 0.05) is 36.3 Å². The highest BCUT2D eigenvalue weighted by Crippen LogP contribution is 2.27. The summed E-state index contributed by atoms with van der Waals surface area (Å²) in [4.78, 5) is 27.3. The summed E-state index contributed by atoms with van der Waals surface area (Å²) in [6.07, 6.45) is 4.34. The molecular formula is C20H32N4O3. The summed E-state index contributed by atoms with van der Waals surface area (Å²) in [5.41, 5.74) is 2.42. The van der Waals surface area contributed by atoms with Crippen LogP contribution in [0.25, 0.3) is 0 Å². The number of hydrogen-bond acceptors (Lipinski definition) is 4. The lowest BCUT2D eigenvalue weighted by atomic mass is 9.85.